The summed E-state index contributed by atoms with van der Waals surface area (Å²) in [4.78, 5) is 13.8. The van der Waals surface area contributed by atoms with E-state index in [1.54, 1.807) is 0 Å². The largest absolute Gasteiger partial charge is 0.405 e. The van der Waals surface area contributed by atoms with E-state index in [1.165, 1.54) is 10.5 Å². The van der Waals surface area contributed by atoms with Crippen LogP contribution in [-0.2, 0) is 4.79 Å². The van der Waals surface area contributed by atoms with E-state index < -0.39 is 12.2 Å². The van der Waals surface area contributed by atoms with Gasteiger partial charge in [-0.25, -0.2) is 0 Å². The number of benzene rings is 1. The maximum atomic E-state index is 13.4. The molecule has 2 fully saturated rings. The third-order valence-corrected chi connectivity index (χ3v) is 5.60. The number of hydrogen-bond donors (Lipinski definition) is 2. The monoisotopic (exact) mass is 383 g/mol. The number of nitrogens with zero attached hydrogens (tertiary/aromatic N) is 1. The molecule has 150 valence electrons. The molecule has 4 nitrogen and oxygen atoms in total. The normalized spacial score (nSPS) is 24.7. The SMILES string of the molecule is CC(C)c1ccc(C2CC2C(=O)NCC(N2CCNCC2)C(F)(F)F)cc1. The van der Waals surface area contributed by atoms with E-state index in [0.29, 0.717) is 38.5 Å². The van der Waals surface area contributed by atoms with Gasteiger partial charge in [-0.3, -0.25) is 9.69 Å². The number of halogens is 3. The smallest absolute Gasteiger partial charge is 0.354 e. The number of carbonyl (C=O) groups is 1. The van der Waals surface area contributed by atoms with Gasteiger partial charge in [0.2, 0.25) is 5.91 Å². The van der Waals surface area contributed by atoms with Gasteiger partial charge in [0.1, 0.15) is 6.04 Å². The van der Waals surface area contributed by atoms with Crippen molar-refractivity contribution < 1.29 is 18.0 Å². The number of piperazine rings is 1. The lowest BCUT2D eigenvalue weighted by atomic mass is 10.00. The predicted octanol–water partition coefficient (Wildman–Crippen LogP) is 2.87. The first-order valence-electron chi connectivity index (χ1n) is 9.66. The molecule has 3 unspecified atom stereocenters. The molecule has 3 rings (SSSR count). The summed E-state index contributed by atoms with van der Waals surface area (Å²) in [5.74, 6) is 0.0838. The van der Waals surface area contributed by atoms with Crippen molar-refractivity contribution in [3.63, 3.8) is 0 Å². The molecule has 1 aromatic carbocycles. The van der Waals surface area contributed by atoms with Crippen molar-refractivity contribution >= 4 is 5.91 Å². The lowest BCUT2D eigenvalue weighted by Crippen LogP contribution is -2.57. The molecule has 0 radical (unpaired) electrons. The fraction of sp³-hybridized carbons (Fsp3) is 0.650. The Morgan fingerprint density at radius 1 is 1.22 bits per heavy atom. The van der Waals surface area contributed by atoms with Crippen LogP contribution in [-0.4, -0.2) is 55.7 Å². The average Bonchev–Trinajstić information content (AvgIpc) is 3.42. The number of alkyl halides is 3. The van der Waals surface area contributed by atoms with E-state index in [0.717, 1.165) is 5.56 Å². The Morgan fingerprint density at radius 2 is 1.85 bits per heavy atom. The minimum absolute atomic E-state index is 0.120. The first-order chi connectivity index (χ1) is 12.8. The van der Waals surface area contributed by atoms with Crippen molar-refractivity contribution in [2.24, 2.45) is 5.92 Å². The van der Waals surface area contributed by atoms with Crippen LogP contribution in [0, 0.1) is 5.92 Å². The van der Waals surface area contributed by atoms with E-state index in [-0.39, 0.29) is 24.3 Å². The molecule has 2 aliphatic rings. The Morgan fingerprint density at radius 3 is 2.41 bits per heavy atom. The highest BCUT2D eigenvalue weighted by atomic mass is 19.4. The fourth-order valence-corrected chi connectivity index (χ4v) is 3.76. The van der Waals surface area contributed by atoms with Crippen LogP contribution < -0.4 is 10.6 Å². The van der Waals surface area contributed by atoms with Gasteiger partial charge in [0.05, 0.1) is 0 Å². The molecule has 2 N–H and O–H groups in total. The molecule has 1 saturated carbocycles. The summed E-state index contributed by atoms with van der Waals surface area (Å²) in [7, 11) is 0. The van der Waals surface area contributed by atoms with E-state index in [2.05, 4.69) is 36.6 Å². The minimum atomic E-state index is -4.35. The van der Waals surface area contributed by atoms with Gasteiger partial charge in [-0.05, 0) is 29.4 Å². The molecular weight excluding hydrogens is 355 g/mol. The zero-order chi connectivity index (χ0) is 19.6. The standard InChI is InChI=1S/C20H28F3N3O/c1-13(2)14-3-5-15(6-4-14)16-11-17(16)19(27)25-12-18(20(21,22)23)26-9-7-24-8-10-26/h3-6,13,16-18,24H,7-12H2,1-2H3,(H,25,27). The van der Waals surface area contributed by atoms with Gasteiger partial charge in [-0.1, -0.05) is 38.1 Å². The van der Waals surface area contributed by atoms with Crippen LogP contribution in [0.1, 0.15) is 43.2 Å². The first kappa shape index (κ1) is 20.1. The summed E-state index contributed by atoms with van der Waals surface area (Å²) >= 11 is 0. The second kappa shape index (κ2) is 8.19. The third kappa shape index (κ3) is 5.02. The van der Waals surface area contributed by atoms with Gasteiger partial charge in [-0.15, -0.1) is 0 Å². The number of amides is 1. The summed E-state index contributed by atoms with van der Waals surface area (Å²) in [6.45, 7) is 5.63. The van der Waals surface area contributed by atoms with Crippen molar-refractivity contribution in [3.8, 4) is 0 Å². The summed E-state index contributed by atoms with van der Waals surface area (Å²) in [6.07, 6.45) is -3.64. The van der Waals surface area contributed by atoms with Gasteiger partial charge >= 0.3 is 6.18 Å². The second-order valence-corrected chi connectivity index (χ2v) is 7.86. The Labute approximate surface area is 158 Å². The molecule has 1 aliphatic heterocycles. The molecular formula is C20H28F3N3O. The Hall–Kier alpha value is -1.60. The van der Waals surface area contributed by atoms with Crippen LogP contribution in [0.5, 0.6) is 0 Å². The quantitative estimate of drug-likeness (QED) is 0.794. The minimum Gasteiger partial charge on any atom is -0.354 e. The van der Waals surface area contributed by atoms with Crippen LogP contribution in [0.3, 0.4) is 0 Å². The lowest BCUT2D eigenvalue weighted by molar-refractivity contribution is -0.184. The second-order valence-electron chi connectivity index (χ2n) is 7.86. The van der Waals surface area contributed by atoms with Gasteiger partial charge < -0.3 is 10.6 Å². The molecule has 0 bridgehead atoms. The molecule has 3 atom stereocenters. The van der Waals surface area contributed by atoms with E-state index >= 15 is 0 Å². The molecule has 1 amide bonds. The fourth-order valence-electron chi connectivity index (χ4n) is 3.76. The molecule has 1 aromatic rings. The highest BCUT2D eigenvalue weighted by molar-refractivity contribution is 5.82. The van der Waals surface area contributed by atoms with Crippen molar-refractivity contribution in [3.05, 3.63) is 35.4 Å². The Kier molecular flexibility index (Phi) is 6.11. The molecule has 1 heterocycles. The zero-order valence-corrected chi connectivity index (χ0v) is 15.9. The van der Waals surface area contributed by atoms with E-state index in [1.807, 2.05) is 12.1 Å². The summed E-state index contributed by atoms with van der Waals surface area (Å²) < 4.78 is 40.2. The number of nitrogens with one attached hydrogen (secondary N) is 2. The van der Waals surface area contributed by atoms with Crippen molar-refractivity contribution in [2.45, 2.75) is 44.3 Å². The van der Waals surface area contributed by atoms with Gasteiger partial charge in [0.15, 0.2) is 0 Å². The lowest BCUT2D eigenvalue weighted by Gasteiger charge is -2.35. The first-order valence-corrected chi connectivity index (χ1v) is 9.66. The summed E-state index contributed by atoms with van der Waals surface area (Å²) in [5.41, 5.74) is 2.33. The van der Waals surface area contributed by atoms with Crippen LogP contribution >= 0.6 is 0 Å². The number of carbonyl (C=O) groups excluding carboxylic acids is 1. The Bertz CT molecular complexity index is 639. The maximum Gasteiger partial charge on any atom is 0.405 e. The van der Waals surface area contributed by atoms with Crippen molar-refractivity contribution in [2.75, 3.05) is 32.7 Å². The van der Waals surface area contributed by atoms with Crippen LogP contribution in [0.2, 0.25) is 0 Å². The molecule has 1 aliphatic carbocycles. The van der Waals surface area contributed by atoms with Gasteiger partial charge in [0, 0.05) is 38.6 Å². The summed E-state index contributed by atoms with van der Waals surface area (Å²) in [5, 5.41) is 5.61. The highest BCUT2D eigenvalue weighted by Crippen LogP contribution is 2.47. The molecule has 27 heavy (non-hydrogen) atoms. The number of hydrogen-bond acceptors (Lipinski definition) is 3. The topological polar surface area (TPSA) is 44.4 Å². The molecule has 1 saturated heterocycles. The maximum absolute atomic E-state index is 13.4. The third-order valence-electron chi connectivity index (χ3n) is 5.60. The molecule has 0 spiro atoms. The zero-order valence-electron chi connectivity index (χ0n) is 15.9. The molecule has 0 aromatic heterocycles. The van der Waals surface area contributed by atoms with Crippen LogP contribution in [0.4, 0.5) is 13.2 Å². The summed E-state index contributed by atoms with van der Waals surface area (Å²) in [6, 6.07) is 6.58. The van der Waals surface area contributed by atoms with Crippen LogP contribution in [0.15, 0.2) is 24.3 Å². The van der Waals surface area contributed by atoms with E-state index in [4.69, 9.17) is 0 Å². The van der Waals surface area contributed by atoms with E-state index in [9.17, 15) is 18.0 Å². The molecule has 7 heteroatoms. The van der Waals surface area contributed by atoms with Crippen molar-refractivity contribution in [1.82, 2.24) is 15.5 Å². The average molecular weight is 383 g/mol. The van der Waals surface area contributed by atoms with Gasteiger partial charge in [0.25, 0.3) is 0 Å². The highest BCUT2D eigenvalue weighted by Gasteiger charge is 2.47. The van der Waals surface area contributed by atoms with Crippen LogP contribution in [0.25, 0.3) is 0 Å². The number of rotatable bonds is 6. The van der Waals surface area contributed by atoms with Crippen molar-refractivity contribution in [1.29, 1.82) is 0 Å². The predicted molar refractivity (Wildman–Crippen MR) is 98.7 cm³/mol. The van der Waals surface area contributed by atoms with Gasteiger partial charge in [-0.2, -0.15) is 13.2 Å². The Balaban J connectivity index is 1.54.